The zero-order valence-electron chi connectivity index (χ0n) is 9.86. The van der Waals surface area contributed by atoms with Crippen LogP contribution in [0.2, 0.25) is 0 Å². The average molecular weight is 244 g/mol. The number of nitrogens with zero attached hydrogens (tertiary/aromatic N) is 1. The summed E-state index contributed by atoms with van der Waals surface area (Å²) in [5, 5.41) is 13.0. The molecular formula is C10H16N2O5. The molecule has 0 aromatic rings. The fourth-order valence-corrected chi connectivity index (χ4v) is 1.41. The van der Waals surface area contributed by atoms with Gasteiger partial charge in [-0.05, 0) is 13.8 Å². The molecule has 0 saturated heterocycles. The molecular weight excluding hydrogens is 228 g/mol. The molecule has 1 heterocycles. The first-order valence-corrected chi connectivity index (χ1v) is 5.38. The molecule has 1 unspecified atom stereocenters. The summed E-state index contributed by atoms with van der Waals surface area (Å²) in [6.45, 7) is 3.25. The fourth-order valence-electron chi connectivity index (χ4n) is 1.41. The van der Waals surface area contributed by atoms with Gasteiger partial charge in [0.2, 0.25) is 0 Å². The Hall–Kier alpha value is -1.63. The number of carbonyl (C=O) groups excluding carboxylic acids is 2. The molecule has 1 aliphatic heterocycles. The van der Waals surface area contributed by atoms with Gasteiger partial charge in [0, 0.05) is 6.42 Å². The normalized spacial score (nSPS) is 22.6. The SMILES string of the molecule is CCOC(=O)C1=NNC(CO)(C(=O)OCC)C1. The standard InChI is InChI=1S/C10H16N2O5/c1-3-16-8(14)7-5-10(6-13,12-11-7)9(15)17-4-2/h12-13H,3-6H2,1-2H3. The van der Waals surface area contributed by atoms with Crippen LogP contribution in [0.15, 0.2) is 5.10 Å². The van der Waals surface area contributed by atoms with Crippen LogP contribution in [0.25, 0.3) is 0 Å². The fraction of sp³-hybridized carbons (Fsp3) is 0.700. The third-order valence-corrected chi connectivity index (χ3v) is 2.32. The molecule has 0 aromatic carbocycles. The molecule has 0 radical (unpaired) electrons. The Bertz CT molecular complexity index is 342. The molecule has 17 heavy (non-hydrogen) atoms. The van der Waals surface area contributed by atoms with Crippen LogP contribution in [-0.2, 0) is 19.1 Å². The Labute approximate surface area is 98.8 Å². The molecule has 0 saturated carbocycles. The predicted octanol–water partition coefficient (Wildman–Crippen LogP) is -0.807. The van der Waals surface area contributed by atoms with Gasteiger partial charge in [-0.2, -0.15) is 5.10 Å². The van der Waals surface area contributed by atoms with Crippen LogP contribution in [0.3, 0.4) is 0 Å². The van der Waals surface area contributed by atoms with Gasteiger partial charge in [-0.3, -0.25) is 5.43 Å². The number of hydrazone groups is 1. The first kappa shape index (κ1) is 13.4. The van der Waals surface area contributed by atoms with Crippen molar-refractivity contribution in [2.45, 2.75) is 25.8 Å². The summed E-state index contributed by atoms with van der Waals surface area (Å²) >= 11 is 0. The molecule has 2 N–H and O–H groups in total. The maximum absolute atomic E-state index is 11.7. The van der Waals surface area contributed by atoms with Crippen molar-refractivity contribution in [3.05, 3.63) is 0 Å². The van der Waals surface area contributed by atoms with Crippen molar-refractivity contribution in [3.8, 4) is 0 Å². The summed E-state index contributed by atoms with van der Waals surface area (Å²) in [5.74, 6) is -1.23. The topological polar surface area (TPSA) is 97.2 Å². The molecule has 1 atom stereocenters. The van der Waals surface area contributed by atoms with Gasteiger partial charge in [0.15, 0.2) is 5.54 Å². The van der Waals surface area contributed by atoms with Crippen molar-refractivity contribution >= 4 is 17.7 Å². The van der Waals surface area contributed by atoms with Crippen molar-refractivity contribution in [1.29, 1.82) is 0 Å². The van der Waals surface area contributed by atoms with Crippen molar-refractivity contribution in [2.24, 2.45) is 5.10 Å². The number of carbonyl (C=O) groups is 2. The Morgan fingerprint density at radius 1 is 1.41 bits per heavy atom. The molecule has 0 bridgehead atoms. The number of rotatable bonds is 5. The van der Waals surface area contributed by atoms with Crippen LogP contribution in [-0.4, -0.2) is 48.1 Å². The molecule has 0 fully saturated rings. The molecule has 1 rings (SSSR count). The summed E-state index contributed by atoms with van der Waals surface area (Å²) in [7, 11) is 0. The van der Waals surface area contributed by atoms with E-state index in [1.54, 1.807) is 13.8 Å². The summed E-state index contributed by atoms with van der Waals surface area (Å²) in [6, 6.07) is 0. The van der Waals surface area contributed by atoms with E-state index >= 15 is 0 Å². The number of aliphatic hydroxyl groups excluding tert-OH is 1. The lowest BCUT2D eigenvalue weighted by Gasteiger charge is -2.23. The van der Waals surface area contributed by atoms with Gasteiger partial charge in [0.25, 0.3) is 0 Å². The van der Waals surface area contributed by atoms with Crippen LogP contribution in [0.1, 0.15) is 20.3 Å². The summed E-state index contributed by atoms with van der Waals surface area (Å²) in [5.41, 5.74) is 1.17. The molecule has 7 nitrogen and oxygen atoms in total. The molecule has 0 spiro atoms. The lowest BCUT2D eigenvalue weighted by molar-refractivity contribution is -0.152. The monoisotopic (exact) mass is 244 g/mol. The maximum atomic E-state index is 11.7. The minimum Gasteiger partial charge on any atom is -0.464 e. The van der Waals surface area contributed by atoms with Crippen LogP contribution >= 0.6 is 0 Å². The number of hydrogen-bond acceptors (Lipinski definition) is 7. The summed E-state index contributed by atoms with van der Waals surface area (Å²) in [4.78, 5) is 23.1. The van der Waals surface area contributed by atoms with Crippen molar-refractivity contribution in [1.82, 2.24) is 5.43 Å². The molecule has 0 aromatic heterocycles. The number of aliphatic hydroxyl groups is 1. The Kier molecular flexibility index (Phi) is 4.45. The van der Waals surface area contributed by atoms with Gasteiger partial charge in [-0.1, -0.05) is 0 Å². The number of hydrogen-bond donors (Lipinski definition) is 2. The van der Waals surface area contributed by atoms with Gasteiger partial charge in [-0.25, -0.2) is 9.59 Å². The van der Waals surface area contributed by atoms with E-state index in [9.17, 15) is 14.7 Å². The van der Waals surface area contributed by atoms with Crippen molar-refractivity contribution < 1.29 is 24.2 Å². The van der Waals surface area contributed by atoms with Crippen LogP contribution < -0.4 is 5.43 Å². The second-order valence-electron chi connectivity index (χ2n) is 3.53. The largest absolute Gasteiger partial charge is 0.464 e. The van der Waals surface area contributed by atoms with Gasteiger partial charge < -0.3 is 14.6 Å². The smallest absolute Gasteiger partial charge is 0.354 e. The minimum absolute atomic E-state index is 0.0405. The van der Waals surface area contributed by atoms with E-state index in [2.05, 4.69) is 10.5 Å². The van der Waals surface area contributed by atoms with Crippen LogP contribution in [0, 0.1) is 0 Å². The lowest BCUT2D eigenvalue weighted by Crippen LogP contribution is -2.51. The zero-order chi connectivity index (χ0) is 12.9. The summed E-state index contributed by atoms with van der Waals surface area (Å²) < 4.78 is 9.58. The first-order chi connectivity index (χ1) is 8.09. The van der Waals surface area contributed by atoms with Crippen LogP contribution in [0.5, 0.6) is 0 Å². The van der Waals surface area contributed by atoms with E-state index in [1.165, 1.54) is 0 Å². The first-order valence-electron chi connectivity index (χ1n) is 5.38. The van der Waals surface area contributed by atoms with Crippen molar-refractivity contribution in [3.63, 3.8) is 0 Å². The Morgan fingerprint density at radius 2 is 2.06 bits per heavy atom. The second-order valence-corrected chi connectivity index (χ2v) is 3.53. The van der Waals surface area contributed by atoms with Crippen LogP contribution in [0.4, 0.5) is 0 Å². The van der Waals surface area contributed by atoms with Gasteiger partial charge in [0.1, 0.15) is 5.71 Å². The zero-order valence-corrected chi connectivity index (χ0v) is 9.86. The molecule has 7 heteroatoms. The van der Waals surface area contributed by atoms with Crippen molar-refractivity contribution in [2.75, 3.05) is 19.8 Å². The number of nitrogens with one attached hydrogen (secondary N) is 1. The lowest BCUT2D eigenvalue weighted by atomic mass is 9.96. The van der Waals surface area contributed by atoms with E-state index in [0.29, 0.717) is 0 Å². The Morgan fingerprint density at radius 3 is 2.59 bits per heavy atom. The maximum Gasteiger partial charge on any atom is 0.354 e. The average Bonchev–Trinajstić information content (AvgIpc) is 2.75. The molecule has 0 amide bonds. The highest BCUT2D eigenvalue weighted by Crippen LogP contribution is 2.19. The third kappa shape index (κ3) is 2.73. The van der Waals surface area contributed by atoms with E-state index < -0.39 is 24.1 Å². The Balaban J connectivity index is 2.71. The van der Waals surface area contributed by atoms with E-state index in [1.807, 2.05) is 0 Å². The van der Waals surface area contributed by atoms with E-state index in [0.717, 1.165) is 0 Å². The molecule has 1 aliphatic rings. The van der Waals surface area contributed by atoms with Gasteiger partial charge >= 0.3 is 11.9 Å². The third-order valence-electron chi connectivity index (χ3n) is 2.32. The highest BCUT2D eigenvalue weighted by molar-refractivity contribution is 6.37. The minimum atomic E-state index is -1.36. The highest BCUT2D eigenvalue weighted by Gasteiger charge is 2.46. The van der Waals surface area contributed by atoms with Gasteiger partial charge in [0.05, 0.1) is 19.8 Å². The highest BCUT2D eigenvalue weighted by atomic mass is 16.5. The number of ether oxygens (including phenoxy) is 2. The van der Waals surface area contributed by atoms with E-state index in [4.69, 9.17) is 9.47 Å². The summed E-state index contributed by atoms with van der Waals surface area (Å²) in [6.07, 6.45) is -0.0405. The van der Waals surface area contributed by atoms with Gasteiger partial charge in [-0.15, -0.1) is 0 Å². The second kappa shape index (κ2) is 5.62. The van der Waals surface area contributed by atoms with E-state index in [-0.39, 0.29) is 25.3 Å². The quantitative estimate of drug-likeness (QED) is 0.614. The number of esters is 2. The molecule has 96 valence electrons. The molecule has 0 aliphatic carbocycles. The predicted molar refractivity (Wildman–Crippen MR) is 58.3 cm³/mol.